The Morgan fingerprint density at radius 2 is 1.97 bits per heavy atom. The summed E-state index contributed by atoms with van der Waals surface area (Å²) in [6.45, 7) is 9.83. The molecule has 1 atom stereocenters. The molecule has 8 heteroatoms. The van der Waals surface area contributed by atoms with E-state index in [1.54, 1.807) is 24.5 Å². The molecule has 0 N–H and O–H groups in total. The van der Waals surface area contributed by atoms with Gasteiger partial charge >= 0.3 is 5.97 Å². The van der Waals surface area contributed by atoms with Crippen molar-refractivity contribution in [3.05, 3.63) is 107 Å². The number of aromatic nitrogens is 1. The molecule has 0 amide bonds. The van der Waals surface area contributed by atoms with Crippen molar-refractivity contribution >= 4 is 39.3 Å². The van der Waals surface area contributed by atoms with Crippen LogP contribution in [0.2, 0.25) is 0 Å². The van der Waals surface area contributed by atoms with E-state index in [2.05, 4.69) is 27.5 Å². The SMILES string of the molecule is C=CCOc1ccc(/C=c2/sc3n(c2=O)[C@@H](c2ccc(C)cc2)C(C(=O)OCC)=C(C)N=3)cc1Br. The van der Waals surface area contributed by atoms with E-state index in [0.29, 0.717) is 33.0 Å². The van der Waals surface area contributed by atoms with Crippen molar-refractivity contribution in [2.24, 2.45) is 4.99 Å². The highest BCUT2D eigenvalue weighted by molar-refractivity contribution is 9.10. The van der Waals surface area contributed by atoms with Gasteiger partial charge in [-0.3, -0.25) is 9.36 Å². The Balaban J connectivity index is 1.86. The number of halogens is 1. The average molecular weight is 553 g/mol. The predicted octanol–water partition coefficient (Wildman–Crippen LogP) is 4.43. The first-order chi connectivity index (χ1) is 16.8. The number of ether oxygens (including phenoxy) is 2. The summed E-state index contributed by atoms with van der Waals surface area (Å²) >= 11 is 4.82. The second-order valence-electron chi connectivity index (χ2n) is 8.00. The van der Waals surface area contributed by atoms with Crippen LogP contribution in [-0.4, -0.2) is 23.8 Å². The molecule has 2 heterocycles. The molecule has 6 nitrogen and oxygen atoms in total. The quantitative estimate of drug-likeness (QED) is 0.321. The van der Waals surface area contributed by atoms with Crippen LogP contribution >= 0.6 is 27.3 Å². The minimum Gasteiger partial charge on any atom is -0.488 e. The van der Waals surface area contributed by atoms with Gasteiger partial charge in [0.25, 0.3) is 5.56 Å². The van der Waals surface area contributed by atoms with Crippen LogP contribution < -0.4 is 19.6 Å². The maximum atomic E-state index is 13.7. The highest BCUT2D eigenvalue weighted by Crippen LogP contribution is 2.31. The van der Waals surface area contributed by atoms with Crippen molar-refractivity contribution in [3.63, 3.8) is 0 Å². The van der Waals surface area contributed by atoms with E-state index < -0.39 is 12.0 Å². The van der Waals surface area contributed by atoms with E-state index in [-0.39, 0.29) is 12.2 Å². The smallest absolute Gasteiger partial charge is 0.338 e. The van der Waals surface area contributed by atoms with Crippen molar-refractivity contribution < 1.29 is 14.3 Å². The molecule has 0 saturated carbocycles. The van der Waals surface area contributed by atoms with Crippen LogP contribution in [0, 0.1) is 6.92 Å². The highest BCUT2D eigenvalue weighted by atomic mass is 79.9. The zero-order valence-corrected chi connectivity index (χ0v) is 22.1. The maximum absolute atomic E-state index is 13.7. The van der Waals surface area contributed by atoms with Crippen molar-refractivity contribution in [2.75, 3.05) is 13.2 Å². The zero-order valence-electron chi connectivity index (χ0n) is 19.7. The van der Waals surface area contributed by atoms with Gasteiger partial charge in [-0.25, -0.2) is 9.79 Å². The van der Waals surface area contributed by atoms with E-state index in [1.165, 1.54) is 11.3 Å². The second-order valence-corrected chi connectivity index (χ2v) is 9.87. The molecule has 0 saturated heterocycles. The number of benzene rings is 2. The van der Waals surface area contributed by atoms with Crippen molar-refractivity contribution in [1.29, 1.82) is 0 Å². The van der Waals surface area contributed by atoms with Gasteiger partial charge in [-0.05, 0) is 66.0 Å². The van der Waals surface area contributed by atoms with Gasteiger partial charge in [-0.2, -0.15) is 0 Å². The van der Waals surface area contributed by atoms with Crippen molar-refractivity contribution in [2.45, 2.75) is 26.8 Å². The molecular formula is C27H25BrN2O4S. The summed E-state index contributed by atoms with van der Waals surface area (Å²) in [7, 11) is 0. The molecule has 0 spiro atoms. The molecule has 0 aliphatic carbocycles. The molecule has 3 aromatic rings. The fourth-order valence-corrected chi connectivity index (χ4v) is 5.44. The fourth-order valence-electron chi connectivity index (χ4n) is 3.88. The first-order valence-corrected chi connectivity index (χ1v) is 12.7. The number of nitrogens with zero attached hydrogens (tertiary/aromatic N) is 2. The highest BCUT2D eigenvalue weighted by Gasteiger charge is 2.33. The third-order valence-electron chi connectivity index (χ3n) is 5.52. The number of carbonyl (C=O) groups excluding carboxylic acids is 1. The molecule has 2 aromatic carbocycles. The number of carbonyl (C=O) groups is 1. The van der Waals surface area contributed by atoms with E-state index in [9.17, 15) is 9.59 Å². The Morgan fingerprint density at radius 3 is 2.63 bits per heavy atom. The Labute approximate surface area is 215 Å². The lowest BCUT2D eigenvalue weighted by atomic mass is 9.95. The van der Waals surface area contributed by atoms with Gasteiger partial charge in [0, 0.05) is 0 Å². The van der Waals surface area contributed by atoms with Gasteiger partial charge < -0.3 is 9.47 Å². The van der Waals surface area contributed by atoms with Gasteiger partial charge in [0.05, 0.1) is 32.9 Å². The number of hydrogen-bond donors (Lipinski definition) is 0. The van der Waals surface area contributed by atoms with Crippen LogP contribution in [0.1, 0.15) is 36.6 Å². The molecular weight excluding hydrogens is 528 g/mol. The number of allylic oxidation sites excluding steroid dienone is 1. The predicted molar refractivity (Wildman–Crippen MR) is 141 cm³/mol. The molecule has 180 valence electrons. The minimum atomic E-state index is -0.616. The fraction of sp³-hybridized carbons (Fsp3) is 0.222. The number of fused-ring (bicyclic) bond motifs is 1. The summed E-state index contributed by atoms with van der Waals surface area (Å²) in [5, 5.41) is 0. The van der Waals surface area contributed by atoms with Crippen LogP contribution in [0.5, 0.6) is 5.75 Å². The lowest BCUT2D eigenvalue weighted by Gasteiger charge is -2.24. The molecule has 1 aliphatic rings. The van der Waals surface area contributed by atoms with E-state index in [4.69, 9.17) is 9.47 Å². The first-order valence-electron chi connectivity index (χ1n) is 11.1. The molecule has 0 bridgehead atoms. The Morgan fingerprint density at radius 1 is 1.23 bits per heavy atom. The lowest BCUT2D eigenvalue weighted by molar-refractivity contribution is -0.139. The number of hydrogen-bond acceptors (Lipinski definition) is 6. The summed E-state index contributed by atoms with van der Waals surface area (Å²) in [6, 6.07) is 12.8. The second kappa shape index (κ2) is 10.6. The minimum absolute atomic E-state index is 0.211. The Kier molecular flexibility index (Phi) is 7.52. The van der Waals surface area contributed by atoms with Crippen LogP contribution in [-0.2, 0) is 9.53 Å². The third-order valence-corrected chi connectivity index (χ3v) is 7.12. The lowest BCUT2D eigenvalue weighted by Crippen LogP contribution is -2.39. The van der Waals surface area contributed by atoms with Gasteiger partial charge in [-0.1, -0.05) is 59.9 Å². The van der Waals surface area contributed by atoms with E-state index in [0.717, 1.165) is 21.2 Å². The van der Waals surface area contributed by atoms with Gasteiger partial charge in [0.2, 0.25) is 0 Å². The number of esters is 1. The zero-order chi connectivity index (χ0) is 25.1. The summed E-state index contributed by atoms with van der Waals surface area (Å²) < 4.78 is 13.8. The largest absolute Gasteiger partial charge is 0.488 e. The summed E-state index contributed by atoms with van der Waals surface area (Å²) in [4.78, 5) is 31.8. The summed E-state index contributed by atoms with van der Waals surface area (Å²) in [5.74, 6) is 0.227. The summed E-state index contributed by atoms with van der Waals surface area (Å²) in [5.41, 5.74) is 3.46. The Bertz CT molecular complexity index is 1500. The average Bonchev–Trinajstić information content (AvgIpc) is 3.12. The normalized spacial score (nSPS) is 15.4. The molecule has 4 rings (SSSR count). The Hall–Kier alpha value is -3.23. The molecule has 0 unspecified atom stereocenters. The topological polar surface area (TPSA) is 69.9 Å². The molecule has 35 heavy (non-hydrogen) atoms. The monoisotopic (exact) mass is 552 g/mol. The number of aryl methyl sites for hydroxylation is 1. The third kappa shape index (κ3) is 5.09. The summed E-state index contributed by atoms with van der Waals surface area (Å²) in [6.07, 6.45) is 3.50. The first kappa shape index (κ1) is 24.9. The van der Waals surface area contributed by atoms with Crippen LogP contribution in [0.4, 0.5) is 0 Å². The van der Waals surface area contributed by atoms with Crippen molar-refractivity contribution in [3.8, 4) is 5.75 Å². The van der Waals surface area contributed by atoms with Gasteiger partial charge in [0.1, 0.15) is 12.4 Å². The molecule has 1 aliphatic heterocycles. The standard InChI is InChI=1S/C27H25BrN2O4S/c1-5-13-34-21-12-9-18(14-20(21)28)15-22-25(31)30-24(19-10-7-16(3)8-11-19)23(26(32)33-6-2)17(4)29-27(30)35-22/h5,7-12,14-15,24H,1,6,13H2,2-4H3/b22-15+/t24-/m0/s1. The maximum Gasteiger partial charge on any atom is 0.338 e. The molecule has 0 fully saturated rings. The molecule has 0 radical (unpaired) electrons. The van der Waals surface area contributed by atoms with E-state index >= 15 is 0 Å². The van der Waals surface area contributed by atoms with Crippen molar-refractivity contribution in [1.82, 2.24) is 4.57 Å². The molecule has 1 aromatic heterocycles. The number of rotatable bonds is 7. The number of thiazole rings is 1. The van der Waals surface area contributed by atoms with Crippen LogP contribution in [0.25, 0.3) is 6.08 Å². The van der Waals surface area contributed by atoms with Crippen LogP contribution in [0.3, 0.4) is 0 Å². The van der Waals surface area contributed by atoms with Gasteiger partial charge in [-0.15, -0.1) is 0 Å². The van der Waals surface area contributed by atoms with Crippen LogP contribution in [0.15, 0.2) is 80.6 Å². The van der Waals surface area contributed by atoms with Gasteiger partial charge in [0.15, 0.2) is 4.80 Å². The van der Waals surface area contributed by atoms with E-state index in [1.807, 2.05) is 55.5 Å².